The predicted molar refractivity (Wildman–Crippen MR) is 62.8 cm³/mol. The fourth-order valence-electron chi connectivity index (χ4n) is 2.31. The van der Waals surface area contributed by atoms with Gasteiger partial charge in [0.1, 0.15) is 5.82 Å². The number of nitrogens with zero attached hydrogens (tertiary/aromatic N) is 3. The maximum atomic E-state index is 5.93. The number of hydrogen-bond donors (Lipinski definition) is 1. The van der Waals surface area contributed by atoms with E-state index in [9.17, 15) is 0 Å². The number of rotatable bonds is 1. The summed E-state index contributed by atoms with van der Waals surface area (Å²) in [6, 6.07) is 0. The lowest BCUT2D eigenvalue weighted by molar-refractivity contribution is 0.520. The second-order valence-corrected chi connectivity index (χ2v) is 4.57. The SMILES string of the molecule is C[C@@H]1CCCN(c2c(N)cnn2C)CC1. The zero-order valence-corrected chi connectivity index (χ0v) is 9.61. The van der Waals surface area contributed by atoms with Crippen LogP contribution in [0.3, 0.4) is 0 Å². The van der Waals surface area contributed by atoms with Gasteiger partial charge in [0.15, 0.2) is 0 Å². The van der Waals surface area contributed by atoms with Gasteiger partial charge < -0.3 is 10.6 Å². The maximum Gasteiger partial charge on any atom is 0.150 e. The van der Waals surface area contributed by atoms with Crippen LogP contribution < -0.4 is 10.6 Å². The highest BCUT2D eigenvalue weighted by molar-refractivity contribution is 5.62. The van der Waals surface area contributed by atoms with Crippen LogP contribution in [0.5, 0.6) is 0 Å². The third kappa shape index (κ3) is 2.08. The molecule has 0 bridgehead atoms. The van der Waals surface area contributed by atoms with Crippen LogP contribution in [0, 0.1) is 5.92 Å². The first-order valence-corrected chi connectivity index (χ1v) is 5.71. The number of anilines is 2. The first-order chi connectivity index (χ1) is 7.18. The zero-order valence-electron chi connectivity index (χ0n) is 9.61. The normalized spacial score (nSPS) is 22.8. The quantitative estimate of drug-likeness (QED) is 0.763. The molecule has 0 spiro atoms. The van der Waals surface area contributed by atoms with Crippen molar-refractivity contribution in [3.05, 3.63) is 6.20 Å². The molecule has 1 aromatic heterocycles. The molecule has 0 aliphatic carbocycles. The summed E-state index contributed by atoms with van der Waals surface area (Å²) in [6.45, 7) is 4.54. The molecular formula is C11H20N4. The summed E-state index contributed by atoms with van der Waals surface area (Å²) in [5.41, 5.74) is 6.73. The van der Waals surface area contributed by atoms with E-state index < -0.39 is 0 Å². The van der Waals surface area contributed by atoms with E-state index >= 15 is 0 Å². The Bertz CT molecular complexity index is 312. The second-order valence-electron chi connectivity index (χ2n) is 4.57. The summed E-state index contributed by atoms with van der Waals surface area (Å²) in [5, 5.41) is 4.19. The molecule has 0 amide bonds. The Kier molecular flexibility index (Phi) is 2.84. The lowest BCUT2D eigenvalue weighted by Gasteiger charge is -2.23. The largest absolute Gasteiger partial charge is 0.394 e. The van der Waals surface area contributed by atoms with Gasteiger partial charge in [0.25, 0.3) is 0 Å². The van der Waals surface area contributed by atoms with Crippen molar-refractivity contribution in [2.24, 2.45) is 13.0 Å². The summed E-state index contributed by atoms with van der Waals surface area (Å²) in [5.74, 6) is 1.92. The monoisotopic (exact) mass is 208 g/mol. The number of nitrogen functional groups attached to an aromatic ring is 1. The van der Waals surface area contributed by atoms with Gasteiger partial charge in [-0.2, -0.15) is 5.10 Å². The summed E-state index contributed by atoms with van der Waals surface area (Å²) in [7, 11) is 1.96. The van der Waals surface area contributed by atoms with Crippen molar-refractivity contribution in [3.8, 4) is 0 Å². The van der Waals surface area contributed by atoms with E-state index in [1.54, 1.807) is 6.20 Å². The zero-order chi connectivity index (χ0) is 10.8. The molecule has 1 aliphatic heterocycles. The second kappa shape index (κ2) is 4.13. The summed E-state index contributed by atoms with van der Waals surface area (Å²) >= 11 is 0. The minimum Gasteiger partial charge on any atom is -0.394 e. The van der Waals surface area contributed by atoms with Gasteiger partial charge in [-0.1, -0.05) is 6.92 Å². The Hall–Kier alpha value is -1.19. The highest BCUT2D eigenvalue weighted by Crippen LogP contribution is 2.26. The number of aromatic nitrogens is 2. The van der Waals surface area contributed by atoms with Crippen LogP contribution in [0.1, 0.15) is 26.2 Å². The van der Waals surface area contributed by atoms with E-state index in [4.69, 9.17) is 5.73 Å². The summed E-state index contributed by atoms with van der Waals surface area (Å²) in [6.07, 6.45) is 5.58. The fourth-order valence-corrected chi connectivity index (χ4v) is 2.31. The molecule has 2 heterocycles. The van der Waals surface area contributed by atoms with Crippen molar-refractivity contribution in [3.63, 3.8) is 0 Å². The van der Waals surface area contributed by atoms with Gasteiger partial charge in [-0.25, -0.2) is 0 Å². The smallest absolute Gasteiger partial charge is 0.150 e. The van der Waals surface area contributed by atoms with Gasteiger partial charge in [0, 0.05) is 20.1 Å². The molecule has 1 fully saturated rings. The Morgan fingerprint density at radius 3 is 2.87 bits per heavy atom. The van der Waals surface area contributed by atoms with Crippen molar-refractivity contribution in [1.82, 2.24) is 9.78 Å². The number of nitrogens with two attached hydrogens (primary N) is 1. The molecule has 15 heavy (non-hydrogen) atoms. The highest BCUT2D eigenvalue weighted by Gasteiger charge is 2.18. The average Bonchev–Trinajstić information content (AvgIpc) is 2.41. The molecule has 4 heteroatoms. The minimum atomic E-state index is 0.798. The molecule has 2 N–H and O–H groups in total. The Morgan fingerprint density at radius 2 is 2.20 bits per heavy atom. The molecule has 1 atom stereocenters. The number of hydrogen-bond acceptors (Lipinski definition) is 3. The predicted octanol–water partition coefficient (Wildman–Crippen LogP) is 1.63. The van der Waals surface area contributed by atoms with Gasteiger partial charge in [-0.15, -0.1) is 0 Å². The lowest BCUT2D eigenvalue weighted by Crippen LogP contribution is -2.27. The molecule has 84 valence electrons. The van der Waals surface area contributed by atoms with E-state index in [0.717, 1.165) is 30.5 Å². The van der Waals surface area contributed by atoms with Gasteiger partial charge in [-0.3, -0.25) is 4.68 Å². The van der Waals surface area contributed by atoms with Gasteiger partial charge in [0.05, 0.1) is 11.9 Å². The Morgan fingerprint density at radius 1 is 1.40 bits per heavy atom. The van der Waals surface area contributed by atoms with Crippen molar-refractivity contribution >= 4 is 11.5 Å². The molecule has 0 aromatic carbocycles. The first kappa shape index (κ1) is 10.3. The standard InChI is InChI=1S/C11H20N4/c1-9-4-3-6-15(7-5-9)11-10(12)8-13-14(11)2/h8-9H,3-7,12H2,1-2H3/t9-/m1/s1. The molecule has 4 nitrogen and oxygen atoms in total. The Balaban J connectivity index is 2.16. The minimum absolute atomic E-state index is 0.798. The molecule has 0 unspecified atom stereocenters. The molecule has 1 aromatic rings. The summed E-state index contributed by atoms with van der Waals surface area (Å²) in [4.78, 5) is 2.37. The average molecular weight is 208 g/mol. The first-order valence-electron chi connectivity index (χ1n) is 5.71. The molecular weight excluding hydrogens is 188 g/mol. The van der Waals surface area contributed by atoms with Gasteiger partial charge >= 0.3 is 0 Å². The lowest BCUT2D eigenvalue weighted by atomic mass is 10.0. The molecule has 1 aliphatic rings. The van der Waals surface area contributed by atoms with Crippen molar-refractivity contribution in [2.75, 3.05) is 23.7 Å². The van der Waals surface area contributed by atoms with Crippen LogP contribution in [0.15, 0.2) is 6.20 Å². The fraction of sp³-hybridized carbons (Fsp3) is 0.727. The molecule has 1 saturated heterocycles. The third-order valence-corrected chi connectivity index (χ3v) is 3.25. The molecule has 0 radical (unpaired) electrons. The topological polar surface area (TPSA) is 47.1 Å². The van der Waals surface area contributed by atoms with Crippen LogP contribution in [0.2, 0.25) is 0 Å². The van der Waals surface area contributed by atoms with Crippen LogP contribution in [0.4, 0.5) is 11.5 Å². The van der Waals surface area contributed by atoms with Crippen LogP contribution in [-0.2, 0) is 7.05 Å². The van der Waals surface area contributed by atoms with E-state index in [2.05, 4.69) is 16.9 Å². The van der Waals surface area contributed by atoms with E-state index in [0.29, 0.717) is 0 Å². The summed E-state index contributed by atoms with van der Waals surface area (Å²) < 4.78 is 1.88. The van der Waals surface area contributed by atoms with E-state index in [-0.39, 0.29) is 0 Å². The maximum absolute atomic E-state index is 5.93. The van der Waals surface area contributed by atoms with Crippen LogP contribution in [0.25, 0.3) is 0 Å². The van der Waals surface area contributed by atoms with E-state index in [1.165, 1.54) is 19.3 Å². The third-order valence-electron chi connectivity index (χ3n) is 3.25. The van der Waals surface area contributed by atoms with Crippen LogP contribution >= 0.6 is 0 Å². The molecule has 0 saturated carbocycles. The van der Waals surface area contributed by atoms with Gasteiger partial charge in [-0.05, 0) is 25.2 Å². The van der Waals surface area contributed by atoms with Crippen LogP contribution in [-0.4, -0.2) is 22.9 Å². The van der Waals surface area contributed by atoms with Crippen molar-refractivity contribution in [2.45, 2.75) is 26.2 Å². The number of aryl methyl sites for hydroxylation is 1. The highest BCUT2D eigenvalue weighted by atomic mass is 15.4. The van der Waals surface area contributed by atoms with Crippen molar-refractivity contribution in [1.29, 1.82) is 0 Å². The molecule has 2 rings (SSSR count). The van der Waals surface area contributed by atoms with Crippen molar-refractivity contribution < 1.29 is 0 Å². The Labute approximate surface area is 91.1 Å². The van der Waals surface area contributed by atoms with E-state index in [1.807, 2.05) is 11.7 Å². The van der Waals surface area contributed by atoms with Gasteiger partial charge in [0.2, 0.25) is 0 Å².